The maximum absolute atomic E-state index is 8.93. The number of benzene rings is 6. The van der Waals surface area contributed by atoms with Gasteiger partial charge in [0.2, 0.25) is 0 Å². The highest BCUT2D eigenvalue weighted by molar-refractivity contribution is 7.25. The average Bonchev–Trinajstić information content (AvgIpc) is 3.68. The standard InChI is InChI=1S/C39H23N3OS/c1-3-11-24(12-4-1)37-40-38(25-13-5-2-6-14-25)42-39(41-37)31-18-9-17-29-28-22-21-26(23-32(28)43-36(29)31)27-16-10-20-34-35(27)30-15-7-8-19-33(30)44-34/h1-23H/i7D,16D,19D,20D. The van der Waals surface area contributed by atoms with Crippen LogP contribution in [-0.2, 0) is 0 Å². The van der Waals surface area contributed by atoms with Crippen molar-refractivity contribution in [2.24, 2.45) is 0 Å². The van der Waals surface area contributed by atoms with Crippen molar-refractivity contribution in [2.45, 2.75) is 0 Å². The van der Waals surface area contributed by atoms with Crippen LogP contribution in [0.25, 0.3) is 87.4 Å². The van der Waals surface area contributed by atoms with E-state index in [9.17, 15) is 0 Å². The number of furan rings is 1. The summed E-state index contributed by atoms with van der Waals surface area (Å²) in [7, 11) is 0. The van der Waals surface area contributed by atoms with E-state index >= 15 is 0 Å². The Morgan fingerprint density at radius 1 is 0.523 bits per heavy atom. The van der Waals surface area contributed by atoms with Crippen LogP contribution in [0.1, 0.15) is 5.48 Å². The lowest BCUT2D eigenvalue weighted by atomic mass is 9.98. The van der Waals surface area contributed by atoms with E-state index in [1.54, 1.807) is 12.1 Å². The van der Waals surface area contributed by atoms with Gasteiger partial charge in [-0.1, -0.05) is 109 Å². The lowest BCUT2D eigenvalue weighted by molar-refractivity contribution is 0.669. The number of fused-ring (bicyclic) bond motifs is 6. The zero-order valence-corrected chi connectivity index (χ0v) is 23.9. The Morgan fingerprint density at radius 2 is 1.25 bits per heavy atom. The molecule has 3 aromatic heterocycles. The average molecular weight is 586 g/mol. The molecule has 0 saturated carbocycles. The summed E-state index contributed by atoms with van der Waals surface area (Å²) in [6.45, 7) is 0. The Kier molecular flexibility index (Phi) is 4.78. The summed E-state index contributed by atoms with van der Waals surface area (Å²) in [5, 5.41) is 3.26. The van der Waals surface area contributed by atoms with Crippen LogP contribution in [0.15, 0.2) is 144 Å². The van der Waals surface area contributed by atoms with Gasteiger partial charge >= 0.3 is 0 Å². The maximum Gasteiger partial charge on any atom is 0.167 e. The molecule has 0 unspecified atom stereocenters. The van der Waals surface area contributed by atoms with E-state index in [1.807, 2.05) is 97.1 Å². The van der Waals surface area contributed by atoms with Gasteiger partial charge in [-0.15, -0.1) is 11.3 Å². The Bertz CT molecular complexity index is 2670. The molecule has 0 amide bonds. The summed E-state index contributed by atoms with van der Waals surface area (Å²) in [5.41, 5.74) is 5.19. The third-order valence-corrected chi connectivity index (χ3v) is 8.92. The largest absolute Gasteiger partial charge is 0.455 e. The molecule has 0 saturated heterocycles. The summed E-state index contributed by atoms with van der Waals surface area (Å²) in [6.07, 6.45) is 0. The predicted molar refractivity (Wildman–Crippen MR) is 182 cm³/mol. The summed E-state index contributed by atoms with van der Waals surface area (Å²) in [6, 6.07) is 37.2. The van der Waals surface area contributed by atoms with Crippen molar-refractivity contribution in [1.29, 1.82) is 0 Å². The SMILES string of the molecule is [2H]c1cc([2H])c2sc3c([2H])cc([2H])c(-c4ccc5c(c4)oc4c(-c6nc(-c7ccccc7)nc(-c7ccccc7)n6)cccc45)c3c2c1. The first kappa shape index (κ1) is 21.1. The highest BCUT2D eigenvalue weighted by Crippen LogP contribution is 2.42. The predicted octanol–water partition coefficient (Wildman–Crippen LogP) is 10.8. The zero-order valence-electron chi connectivity index (χ0n) is 27.1. The van der Waals surface area contributed by atoms with Crippen LogP contribution in [0.5, 0.6) is 0 Å². The second-order valence-corrected chi connectivity index (χ2v) is 11.5. The molecule has 0 spiro atoms. The molecule has 0 atom stereocenters. The van der Waals surface area contributed by atoms with Crippen molar-refractivity contribution in [3.05, 3.63) is 139 Å². The molecule has 6 aromatic carbocycles. The van der Waals surface area contributed by atoms with E-state index in [1.165, 1.54) is 17.4 Å². The van der Waals surface area contributed by atoms with Gasteiger partial charge in [0.05, 0.1) is 11.0 Å². The first-order valence-corrected chi connectivity index (χ1v) is 15.0. The van der Waals surface area contributed by atoms with Gasteiger partial charge in [0.15, 0.2) is 17.5 Å². The second-order valence-electron chi connectivity index (χ2n) is 10.5. The molecule has 4 nitrogen and oxygen atoms in total. The molecule has 0 radical (unpaired) electrons. The summed E-state index contributed by atoms with van der Waals surface area (Å²) in [4.78, 5) is 14.7. The second kappa shape index (κ2) is 9.97. The zero-order chi connectivity index (χ0) is 32.5. The van der Waals surface area contributed by atoms with E-state index in [0.717, 1.165) is 43.8 Å². The van der Waals surface area contributed by atoms with E-state index in [0.29, 0.717) is 43.6 Å². The summed E-state index contributed by atoms with van der Waals surface area (Å²) >= 11 is 1.36. The molecule has 3 heterocycles. The molecule has 9 rings (SSSR count). The summed E-state index contributed by atoms with van der Waals surface area (Å²) in [5.74, 6) is 1.62. The Labute approximate surface area is 262 Å². The molecule has 0 aliphatic heterocycles. The van der Waals surface area contributed by atoms with Crippen LogP contribution in [0.2, 0.25) is 0 Å². The molecule has 0 aliphatic rings. The Morgan fingerprint density at radius 3 is 2.02 bits per heavy atom. The van der Waals surface area contributed by atoms with Gasteiger partial charge in [-0.2, -0.15) is 0 Å². The summed E-state index contributed by atoms with van der Waals surface area (Å²) < 4.78 is 42.3. The molecule has 0 fully saturated rings. The number of hydrogen-bond acceptors (Lipinski definition) is 5. The molecule has 0 N–H and O–H groups in total. The van der Waals surface area contributed by atoms with E-state index in [-0.39, 0.29) is 24.2 Å². The van der Waals surface area contributed by atoms with Gasteiger partial charge in [-0.25, -0.2) is 15.0 Å². The molecular formula is C39H23N3OS. The van der Waals surface area contributed by atoms with Crippen molar-refractivity contribution >= 4 is 53.4 Å². The molecule has 206 valence electrons. The first-order chi connectivity index (χ1) is 23.4. The number of nitrogens with zero attached hydrogens (tertiary/aromatic N) is 3. The van der Waals surface area contributed by atoms with Gasteiger partial charge < -0.3 is 4.42 Å². The van der Waals surface area contributed by atoms with Crippen molar-refractivity contribution in [3.63, 3.8) is 0 Å². The Hall–Kier alpha value is -5.65. The highest BCUT2D eigenvalue weighted by atomic mass is 32.1. The van der Waals surface area contributed by atoms with E-state index in [4.69, 9.17) is 24.9 Å². The van der Waals surface area contributed by atoms with E-state index in [2.05, 4.69) is 0 Å². The number of rotatable bonds is 4. The molecule has 0 bridgehead atoms. The van der Waals surface area contributed by atoms with Gasteiger partial charge in [-0.05, 0) is 41.4 Å². The minimum atomic E-state index is 0.206. The van der Waals surface area contributed by atoms with Gasteiger partial charge in [0, 0.05) is 42.1 Å². The lowest BCUT2D eigenvalue weighted by Crippen LogP contribution is -2.00. The van der Waals surface area contributed by atoms with Crippen molar-refractivity contribution < 1.29 is 9.90 Å². The van der Waals surface area contributed by atoms with Crippen molar-refractivity contribution in [3.8, 4) is 45.3 Å². The maximum atomic E-state index is 8.93. The van der Waals surface area contributed by atoms with Gasteiger partial charge in [-0.3, -0.25) is 0 Å². The fourth-order valence-electron chi connectivity index (χ4n) is 5.80. The molecule has 5 heteroatoms. The third kappa shape index (κ3) is 4.02. The molecular weight excluding hydrogens is 559 g/mol. The Balaban J connectivity index is 1.26. The number of thiophene rings is 1. The molecule has 0 aliphatic carbocycles. The van der Waals surface area contributed by atoms with Crippen molar-refractivity contribution in [1.82, 2.24) is 15.0 Å². The van der Waals surface area contributed by atoms with Crippen LogP contribution in [-0.4, -0.2) is 15.0 Å². The van der Waals surface area contributed by atoms with Crippen LogP contribution in [0, 0.1) is 0 Å². The van der Waals surface area contributed by atoms with Crippen LogP contribution in [0.4, 0.5) is 0 Å². The smallest absolute Gasteiger partial charge is 0.167 e. The van der Waals surface area contributed by atoms with Crippen LogP contribution >= 0.6 is 11.3 Å². The van der Waals surface area contributed by atoms with E-state index < -0.39 is 0 Å². The fraction of sp³-hybridized carbons (Fsp3) is 0. The fourth-order valence-corrected chi connectivity index (χ4v) is 6.83. The number of hydrogen-bond donors (Lipinski definition) is 0. The quantitative estimate of drug-likeness (QED) is 0.206. The number of aromatic nitrogens is 3. The number of para-hydroxylation sites is 1. The molecule has 9 aromatic rings. The monoisotopic (exact) mass is 585 g/mol. The minimum absolute atomic E-state index is 0.206. The van der Waals surface area contributed by atoms with Crippen LogP contribution < -0.4 is 0 Å². The highest BCUT2D eigenvalue weighted by Gasteiger charge is 2.18. The molecule has 44 heavy (non-hydrogen) atoms. The van der Waals surface area contributed by atoms with Gasteiger partial charge in [0.1, 0.15) is 11.2 Å². The third-order valence-electron chi connectivity index (χ3n) is 7.86. The normalized spacial score (nSPS) is 12.9. The van der Waals surface area contributed by atoms with Crippen molar-refractivity contribution in [2.75, 3.05) is 0 Å². The van der Waals surface area contributed by atoms with Crippen LogP contribution in [0.3, 0.4) is 0 Å². The minimum Gasteiger partial charge on any atom is -0.455 e. The topological polar surface area (TPSA) is 51.8 Å². The lowest BCUT2D eigenvalue weighted by Gasteiger charge is -2.08. The van der Waals surface area contributed by atoms with Gasteiger partial charge in [0.25, 0.3) is 0 Å². The first-order valence-electron chi connectivity index (χ1n) is 16.2.